The van der Waals surface area contributed by atoms with Gasteiger partial charge in [-0.3, -0.25) is 9.59 Å². The Balaban J connectivity index is 2.85. The zero-order valence-corrected chi connectivity index (χ0v) is 13.8. The highest BCUT2D eigenvalue weighted by atomic mass is 19.4. The van der Waals surface area contributed by atoms with Gasteiger partial charge in [0.05, 0.1) is 6.04 Å². The van der Waals surface area contributed by atoms with E-state index in [4.69, 9.17) is 4.74 Å². The number of rotatable bonds is 7. The minimum atomic E-state index is -4.56. The summed E-state index contributed by atoms with van der Waals surface area (Å²) in [5.41, 5.74) is 0.530. The van der Waals surface area contributed by atoms with Gasteiger partial charge in [0.2, 0.25) is 5.91 Å². The summed E-state index contributed by atoms with van der Waals surface area (Å²) >= 11 is 0. The Morgan fingerprint density at radius 1 is 1.25 bits per heavy atom. The Kier molecular flexibility index (Phi) is 7.06. The summed E-state index contributed by atoms with van der Waals surface area (Å²) < 4.78 is 42.4. The van der Waals surface area contributed by atoms with Crippen LogP contribution in [0.1, 0.15) is 31.4 Å². The van der Waals surface area contributed by atoms with E-state index in [0.717, 1.165) is 0 Å². The first kappa shape index (κ1) is 19.8. The molecule has 1 unspecified atom stereocenters. The molecule has 0 spiro atoms. The predicted molar refractivity (Wildman–Crippen MR) is 82.5 cm³/mol. The second kappa shape index (κ2) is 8.56. The molecule has 0 aliphatic heterocycles. The van der Waals surface area contributed by atoms with Gasteiger partial charge < -0.3 is 15.0 Å². The number of benzene rings is 1. The molecule has 0 heterocycles. The van der Waals surface area contributed by atoms with Crippen LogP contribution in [0.5, 0.6) is 5.75 Å². The molecule has 1 N–H and O–H groups in total. The van der Waals surface area contributed by atoms with E-state index in [1.165, 1.54) is 4.90 Å². The monoisotopic (exact) mass is 346 g/mol. The van der Waals surface area contributed by atoms with Crippen molar-refractivity contribution in [3.05, 3.63) is 29.8 Å². The molecule has 1 aromatic rings. The number of alkyl halides is 3. The van der Waals surface area contributed by atoms with Gasteiger partial charge in [0, 0.05) is 19.7 Å². The van der Waals surface area contributed by atoms with Crippen molar-refractivity contribution in [3.63, 3.8) is 0 Å². The maximum atomic E-state index is 12.3. The van der Waals surface area contributed by atoms with Crippen LogP contribution in [0.3, 0.4) is 0 Å². The predicted octanol–water partition coefficient (Wildman–Crippen LogP) is 2.67. The van der Waals surface area contributed by atoms with Gasteiger partial charge in [-0.05, 0) is 12.5 Å². The molecule has 24 heavy (non-hydrogen) atoms. The second-order valence-corrected chi connectivity index (χ2v) is 5.43. The first-order valence-corrected chi connectivity index (χ1v) is 7.42. The van der Waals surface area contributed by atoms with E-state index in [1.807, 2.05) is 0 Å². The van der Waals surface area contributed by atoms with Crippen molar-refractivity contribution in [2.45, 2.75) is 32.0 Å². The van der Waals surface area contributed by atoms with E-state index < -0.39 is 24.5 Å². The lowest BCUT2D eigenvalue weighted by Crippen LogP contribution is -2.32. The molecular formula is C16H21F3N2O3. The molecule has 1 rings (SSSR count). The minimum Gasteiger partial charge on any atom is -0.483 e. The molecule has 0 saturated carbocycles. The molecule has 0 saturated heterocycles. The van der Waals surface area contributed by atoms with Gasteiger partial charge in [0.15, 0.2) is 6.61 Å². The van der Waals surface area contributed by atoms with Crippen LogP contribution < -0.4 is 10.1 Å². The highest BCUT2D eigenvalue weighted by Gasteiger charge is 2.32. The summed E-state index contributed by atoms with van der Waals surface area (Å²) in [5.74, 6) is -1.00. The molecular weight excluding hydrogens is 325 g/mol. The third-order valence-corrected chi connectivity index (χ3v) is 3.25. The van der Waals surface area contributed by atoms with Gasteiger partial charge in [-0.2, -0.15) is 13.2 Å². The van der Waals surface area contributed by atoms with Crippen molar-refractivity contribution in [2.75, 3.05) is 20.7 Å². The number of carbonyl (C=O) groups is 2. The smallest absolute Gasteiger partial charge is 0.397 e. The number of halogens is 3. The number of hydrogen-bond donors (Lipinski definition) is 1. The summed E-state index contributed by atoms with van der Waals surface area (Å²) in [7, 11) is 3.17. The van der Waals surface area contributed by atoms with Crippen LogP contribution in [0.2, 0.25) is 0 Å². The normalized spacial score (nSPS) is 12.4. The maximum absolute atomic E-state index is 12.3. The molecule has 134 valence electrons. The largest absolute Gasteiger partial charge is 0.483 e. The standard InChI is InChI=1S/C16H21F3N2O3/c1-4-12(20-14(22)9-16(17,18)19)11-7-5-6-8-13(11)24-10-15(23)21(2)3/h5-8,12H,4,9-10H2,1-3H3,(H,20,22). The van der Waals surface area contributed by atoms with Crippen LogP contribution >= 0.6 is 0 Å². The molecule has 0 aromatic heterocycles. The summed E-state index contributed by atoms with van der Waals surface area (Å²) in [6, 6.07) is 6.00. The molecule has 0 aliphatic carbocycles. The van der Waals surface area contributed by atoms with E-state index in [-0.39, 0.29) is 12.5 Å². The Hall–Kier alpha value is -2.25. The zero-order chi connectivity index (χ0) is 18.3. The van der Waals surface area contributed by atoms with E-state index in [2.05, 4.69) is 5.32 Å². The van der Waals surface area contributed by atoms with Crippen molar-refractivity contribution in [2.24, 2.45) is 0 Å². The summed E-state index contributed by atoms with van der Waals surface area (Å²) in [6.07, 6.45) is -5.71. The summed E-state index contributed by atoms with van der Waals surface area (Å²) in [4.78, 5) is 24.5. The first-order chi connectivity index (χ1) is 11.1. The topological polar surface area (TPSA) is 58.6 Å². The molecule has 0 fully saturated rings. The zero-order valence-electron chi connectivity index (χ0n) is 13.8. The van der Waals surface area contributed by atoms with E-state index in [1.54, 1.807) is 45.3 Å². The fourth-order valence-corrected chi connectivity index (χ4v) is 2.00. The molecule has 0 radical (unpaired) electrons. The number of ether oxygens (including phenoxy) is 1. The van der Waals surface area contributed by atoms with Crippen molar-refractivity contribution in [3.8, 4) is 5.75 Å². The van der Waals surface area contributed by atoms with Gasteiger partial charge in [0.1, 0.15) is 12.2 Å². The van der Waals surface area contributed by atoms with E-state index in [0.29, 0.717) is 17.7 Å². The molecule has 0 bridgehead atoms. The molecule has 0 aliphatic rings. The Bertz CT molecular complexity index is 574. The minimum absolute atomic E-state index is 0.197. The Morgan fingerprint density at radius 2 is 1.88 bits per heavy atom. The maximum Gasteiger partial charge on any atom is 0.397 e. The van der Waals surface area contributed by atoms with Gasteiger partial charge in [0.25, 0.3) is 5.91 Å². The van der Waals surface area contributed by atoms with E-state index >= 15 is 0 Å². The Labute approximate surface area is 138 Å². The van der Waals surface area contributed by atoms with Gasteiger partial charge >= 0.3 is 6.18 Å². The summed E-state index contributed by atoms with van der Waals surface area (Å²) in [6.45, 7) is 1.54. The SMILES string of the molecule is CCC(NC(=O)CC(F)(F)F)c1ccccc1OCC(=O)N(C)C. The third-order valence-electron chi connectivity index (χ3n) is 3.25. The average molecular weight is 346 g/mol. The van der Waals surface area contributed by atoms with E-state index in [9.17, 15) is 22.8 Å². The quantitative estimate of drug-likeness (QED) is 0.826. The van der Waals surface area contributed by atoms with Crippen LogP contribution in [0, 0.1) is 0 Å². The van der Waals surface area contributed by atoms with Crippen molar-refractivity contribution in [1.82, 2.24) is 10.2 Å². The number of hydrogen-bond acceptors (Lipinski definition) is 3. The number of carbonyl (C=O) groups excluding carboxylic acids is 2. The lowest BCUT2D eigenvalue weighted by atomic mass is 10.0. The number of likely N-dealkylation sites (N-methyl/N-ethyl adjacent to an activating group) is 1. The Morgan fingerprint density at radius 3 is 2.42 bits per heavy atom. The van der Waals surface area contributed by atoms with Gasteiger partial charge in [-0.1, -0.05) is 25.1 Å². The highest BCUT2D eigenvalue weighted by Crippen LogP contribution is 2.28. The number of nitrogens with zero attached hydrogens (tertiary/aromatic N) is 1. The molecule has 8 heteroatoms. The number of para-hydroxylation sites is 1. The molecule has 1 atom stereocenters. The van der Waals surface area contributed by atoms with Gasteiger partial charge in [-0.15, -0.1) is 0 Å². The fourth-order valence-electron chi connectivity index (χ4n) is 2.00. The third kappa shape index (κ3) is 6.47. The van der Waals surface area contributed by atoms with Crippen LogP contribution in [-0.4, -0.2) is 43.6 Å². The highest BCUT2D eigenvalue weighted by molar-refractivity contribution is 5.78. The summed E-state index contributed by atoms with van der Waals surface area (Å²) in [5, 5.41) is 2.36. The van der Waals surface area contributed by atoms with Crippen molar-refractivity contribution >= 4 is 11.8 Å². The molecule has 5 nitrogen and oxygen atoms in total. The van der Waals surface area contributed by atoms with Crippen LogP contribution in [0.4, 0.5) is 13.2 Å². The second-order valence-electron chi connectivity index (χ2n) is 5.43. The molecule has 2 amide bonds. The van der Waals surface area contributed by atoms with Crippen LogP contribution in [0.15, 0.2) is 24.3 Å². The molecule has 1 aromatic carbocycles. The van der Waals surface area contributed by atoms with Crippen molar-refractivity contribution < 1.29 is 27.5 Å². The fraction of sp³-hybridized carbons (Fsp3) is 0.500. The first-order valence-electron chi connectivity index (χ1n) is 7.42. The number of nitrogens with one attached hydrogen (secondary N) is 1. The van der Waals surface area contributed by atoms with Crippen molar-refractivity contribution in [1.29, 1.82) is 0 Å². The lowest BCUT2D eigenvalue weighted by Gasteiger charge is -2.21. The lowest BCUT2D eigenvalue weighted by molar-refractivity contribution is -0.154. The number of amides is 2. The van der Waals surface area contributed by atoms with Gasteiger partial charge in [-0.25, -0.2) is 0 Å². The van der Waals surface area contributed by atoms with Crippen LogP contribution in [-0.2, 0) is 9.59 Å². The average Bonchev–Trinajstić information content (AvgIpc) is 2.48. The van der Waals surface area contributed by atoms with Crippen LogP contribution in [0.25, 0.3) is 0 Å².